The second kappa shape index (κ2) is 4.61. The molecule has 1 heterocycles. The monoisotopic (exact) mass is 289 g/mol. The molecule has 0 radical (unpaired) electrons. The van der Waals surface area contributed by atoms with Crippen molar-refractivity contribution in [1.29, 1.82) is 5.26 Å². The molecule has 21 heavy (non-hydrogen) atoms. The lowest BCUT2D eigenvalue weighted by Gasteiger charge is -2.31. The van der Waals surface area contributed by atoms with Gasteiger partial charge in [-0.05, 0) is 43.4 Å². The molecule has 0 aromatic heterocycles. The number of urea groups is 1. The van der Waals surface area contributed by atoms with Gasteiger partial charge in [0.05, 0.1) is 18.2 Å². The molecule has 0 unspecified atom stereocenters. The van der Waals surface area contributed by atoms with Gasteiger partial charge in [0, 0.05) is 32.0 Å². The van der Waals surface area contributed by atoms with E-state index in [2.05, 4.69) is 11.4 Å². The third-order valence-corrected chi connectivity index (χ3v) is 6.38. The van der Waals surface area contributed by atoms with Crippen molar-refractivity contribution in [3.8, 4) is 6.07 Å². The highest BCUT2D eigenvalue weighted by Gasteiger charge is 2.60. The SMILES string of the molecule is CO[C@@H]1[C@H]2C[C@H]3CN(C(=O)NCC4(CC#N)CC4)[C@H]1[C@H]3C2. The summed E-state index contributed by atoms with van der Waals surface area (Å²) in [6.07, 6.45) is 5.38. The maximum atomic E-state index is 12.6. The summed E-state index contributed by atoms with van der Waals surface area (Å²) in [7, 11) is 1.78. The lowest BCUT2D eigenvalue weighted by molar-refractivity contribution is 0.0189. The first kappa shape index (κ1) is 13.4. The van der Waals surface area contributed by atoms with Crippen molar-refractivity contribution >= 4 is 6.03 Å². The molecule has 1 N–H and O–H groups in total. The van der Waals surface area contributed by atoms with Crippen molar-refractivity contribution in [3.63, 3.8) is 0 Å². The summed E-state index contributed by atoms with van der Waals surface area (Å²) in [6, 6.07) is 2.58. The first-order valence-corrected chi connectivity index (χ1v) is 8.12. The number of fused-ring (bicyclic) bond motifs is 1. The van der Waals surface area contributed by atoms with Gasteiger partial charge in [-0.15, -0.1) is 0 Å². The third kappa shape index (κ3) is 1.96. The number of nitriles is 1. The molecule has 114 valence electrons. The minimum atomic E-state index is 0.0568. The fraction of sp³-hybridized carbons (Fsp3) is 0.875. The van der Waals surface area contributed by atoms with Crippen LogP contribution in [0.2, 0.25) is 0 Å². The highest BCUT2D eigenvalue weighted by Crippen LogP contribution is 2.55. The zero-order valence-electron chi connectivity index (χ0n) is 12.5. The van der Waals surface area contributed by atoms with Crippen LogP contribution in [-0.4, -0.2) is 43.3 Å². The van der Waals surface area contributed by atoms with Crippen LogP contribution in [0, 0.1) is 34.5 Å². The number of rotatable bonds is 4. The van der Waals surface area contributed by atoms with Crippen molar-refractivity contribution in [2.24, 2.45) is 23.2 Å². The number of methoxy groups -OCH3 is 1. The second-order valence-electron chi connectivity index (χ2n) is 7.49. The molecule has 5 heteroatoms. The van der Waals surface area contributed by atoms with E-state index in [9.17, 15) is 4.79 Å². The molecule has 1 aliphatic heterocycles. The molecule has 2 amide bonds. The van der Waals surface area contributed by atoms with E-state index in [1.165, 1.54) is 12.8 Å². The maximum Gasteiger partial charge on any atom is 0.317 e. The largest absolute Gasteiger partial charge is 0.379 e. The van der Waals surface area contributed by atoms with E-state index in [0.29, 0.717) is 30.7 Å². The first-order valence-electron chi connectivity index (χ1n) is 8.12. The highest BCUT2D eigenvalue weighted by molar-refractivity contribution is 5.75. The third-order valence-electron chi connectivity index (χ3n) is 6.38. The average molecular weight is 289 g/mol. The van der Waals surface area contributed by atoms with E-state index in [-0.39, 0.29) is 23.6 Å². The van der Waals surface area contributed by atoms with Gasteiger partial charge in [-0.1, -0.05) is 0 Å². The summed E-state index contributed by atoms with van der Waals surface area (Å²) >= 11 is 0. The fourth-order valence-corrected chi connectivity index (χ4v) is 5.08. The molecule has 3 saturated carbocycles. The van der Waals surface area contributed by atoms with Gasteiger partial charge in [-0.3, -0.25) is 0 Å². The Hall–Kier alpha value is -1.28. The van der Waals surface area contributed by atoms with Crippen molar-refractivity contribution in [2.45, 2.75) is 44.2 Å². The number of ether oxygens (including phenoxy) is 1. The van der Waals surface area contributed by atoms with E-state index in [4.69, 9.17) is 10.00 Å². The first-order chi connectivity index (χ1) is 10.2. The quantitative estimate of drug-likeness (QED) is 0.857. The number of carbonyl (C=O) groups excluding carboxylic acids is 1. The number of hydrogen-bond donors (Lipinski definition) is 1. The van der Waals surface area contributed by atoms with E-state index >= 15 is 0 Å². The number of nitrogens with one attached hydrogen (secondary N) is 1. The molecule has 3 aliphatic carbocycles. The van der Waals surface area contributed by atoms with Gasteiger partial charge in [-0.25, -0.2) is 4.79 Å². The predicted octanol–water partition coefficient (Wildman–Crippen LogP) is 1.75. The molecule has 0 aromatic carbocycles. The topological polar surface area (TPSA) is 65.4 Å². The molecule has 1 saturated heterocycles. The summed E-state index contributed by atoms with van der Waals surface area (Å²) < 4.78 is 5.69. The predicted molar refractivity (Wildman–Crippen MR) is 76.3 cm³/mol. The van der Waals surface area contributed by atoms with Gasteiger partial charge in [0.1, 0.15) is 0 Å². The van der Waals surface area contributed by atoms with E-state index < -0.39 is 0 Å². The highest BCUT2D eigenvalue weighted by atomic mass is 16.5. The Labute approximate surface area is 125 Å². The zero-order chi connectivity index (χ0) is 14.6. The fourth-order valence-electron chi connectivity index (χ4n) is 5.08. The van der Waals surface area contributed by atoms with Crippen LogP contribution in [0.5, 0.6) is 0 Å². The Morgan fingerprint density at radius 1 is 1.43 bits per heavy atom. The van der Waals surface area contributed by atoms with Gasteiger partial charge in [0.25, 0.3) is 0 Å². The van der Waals surface area contributed by atoms with Crippen molar-refractivity contribution in [3.05, 3.63) is 0 Å². The summed E-state index contributed by atoms with van der Waals surface area (Å²) in [4.78, 5) is 14.6. The molecule has 2 bridgehead atoms. The Morgan fingerprint density at radius 2 is 2.24 bits per heavy atom. The van der Waals surface area contributed by atoms with Crippen LogP contribution < -0.4 is 5.32 Å². The number of likely N-dealkylation sites (tertiary alicyclic amines) is 1. The van der Waals surface area contributed by atoms with Crippen LogP contribution in [0.1, 0.15) is 32.1 Å². The molecule has 4 fully saturated rings. The minimum Gasteiger partial charge on any atom is -0.379 e. The van der Waals surface area contributed by atoms with Crippen LogP contribution in [-0.2, 0) is 4.74 Å². The number of carbonyl (C=O) groups is 1. The maximum absolute atomic E-state index is 12.6. The standard InChI is InChI=1S/C16H23N3O2/c1-21-14-10-6-11-8-19(13(14)12(11)7-10)15(20)18-9-16(2-3-16)4-5-17/h10-14H,2-4,6-9H2,1H3,(H,18,20)/t10-,11-,12-,13-,14+/m0/s1. The second-order valence-corrected chi connectivity index (χ2v) is 7.49. The lowest BCUT2D eigenvalue weighted by Crippen LogP contribution is -2.49. The van der Waals surface area contributed by atoms with Gasteiger partial charge in [-0.2, -0.15) is 5.26 Å². The molecular formula is C16H23N3O2. The van der Waals surface area contributed by atoms with E-state index in [1.807, 2.05) is 4.90 Å². The van der Waals surface area contributed by atoms with Crippen molar-refractivity contribution in [1.82, 2.24) is 10.2 Å². The van der Waals surface area contributed by atoms with Gasteiger partial charge in [0.2, 0.25) is 0 Å². The Balaban J connectivity index is 1.40. The van der Waals surface area contributed by atoms with Crippen LogP contribution >= 0.6 is 0 Å². The molecule has 4 aliphatic rings. The molecule has 4 rings (SSSR count). The van der Waals surface area contributed by atoms with Crippen LogP contribution in [0.3, 0.4) is 0 Å². The zero-order valence-corrected chi connectivity index (χ0v) is 12.5. The normalized spacial score (nSPS) is 41.1. The molecule has 0 spiro atoms. The van der Waals surface area contributed by atoms with E-state index in [0.717, 1.165) is 19.4 Å². The molecule has 5 nitrogen and oxygen atoms in total. The smallest absolute Gasteiger partial charge is 0.317 e. The lowest BCUT2D eigenvalue weighted by atomic mass is 9.88. The minimum absolute atomic E-state index is 0.0568. The molecular weight excluding hydrogens is 266 g/mol. The van der Waals surface area contributed by atoms with Crippen LogP contribution in [0.4, 0.5) is 4.79 Å². The van der Waals surface area contributed by atoms with Crippen LogP contribution in [0.25, 0.3) is 0 Å². The van der Waals surface area contributed by atoms with Gasteiger partial charge in [0.15, 0.2) is 0 Å². The number of hydrogen-bond acceptors (Lipinski definition) is 3. The van der Waals surface area contributed by atoms with E-state index in [1.54, 1.807) is 7.11 Å². The average Bonchev–Trinajstić information content (AvgIpc) is 2.86. The van der Waals surface area contributed by atoms with Crippen molar-refractivity contribution in [2.75, 3.05) is 20.2 Å². The van der Waals surface area contributed by atoms with Gasteiger partial charge < -0.3 is 15.0 Å². The van der Waals surface area contributed by atoms with Crippen molar-refractivity contribution < 1.29 is 9.53 Å². The summed E-state index contributed by atoms with van der Waals surface area (Å²) in [5.41, 5.74) is 0.0714. The number of nitrogens with zero attached hydrogens (tertiary/aromatic N) is 2. The van der Waals surface area contributed by atoms with Crippen LogP contribution in [0.15, 0.2) is 0 Å². The molecule has 5 atom stereocenters. The Bertz CT molecular complexity index is 494. The Kier molecular flexibility index (Phi) is 2.94. The number of amides is 2. The summed E-state index contributed by atoms with van der Waals surface area (Å²) in [5, 5.41) is 11.9. The van der Waals surface area contributed by atoms with Gasteiger partial charge >= 0.3 is 6.03 Å². The summed E-state index contributed by atoms with van der Waals surface area (Å²) in [6.45, 7) is 1.54. The Morgan fingerprint density at radius 3 is 2.90 bits per heavy atom. The summed E-state index contributed by atoms with van der Waals surface area (Å²) in [5.74, 6) is 1.99. The molecule has 0 aromatic rings.